The summed E-state index contributed by atoms with van der Waals surface area (Å²) in [6.07, 6.45) is 7.55. The average Bonchev–Trinajstić information content (AvgIpc) is 2.33. The van der Waals surface area contributed by atoms with Crippen LogP contribution in [0.15, 0.2) is 36.9 Å². The van der Waals surface area contributed by atoms with Crippen molar-refractivity contribution in [1.29, 1.82) is 0 Å². The molecule has 2 aromatic heterocycles. The highest BCUT2D eigenvalue weighted by molar-refractivity contribution is 5.42. The maximum Gasteiger partial charge on any atom is 0.223 e. The quantitative estimate of drug-likeness (QED) is 0.397. The highest BCUT2D eigenvalue weighted by Crippen LogP contribution is 1.97. The zero-order valence-corrected chi connectivity index (χ0v) is 5.44. The van der Waals surface area contributed by atoms with Crippen molar-refractivity contribution in [2.75, 3.05) is 5.84 Å². The second-order valence-electron chi connectivity index (χ2n) is 2.21. The van der Waals surface area contributed by atoms with Crippen LogP contribution >= 0.6 is 0 Å². The summed E-state index contributed by atoms with van der Waals surface area (Å²) in [6.45, 7) is 0. The SMILES string of the molecule is N[n+]1ccn2cccc2c1. The summed E-state index contributed by atoms with van der Waals surface area (Å²) in [5, 5.41) is 0. The summed E-state index contributed by atoms with van der Waals surface area (Å²) in [4.78, 5) is 0. The smallest absolute Gasteiger partial charge is 0.223 e. The normalized spacial score (nSPS) is 10.4. The van der Waals surface area contributed by atoms with Gasteiger partial charge in [0.05, 0.1) is 6.20 Å². The Bertz CT molecular complexity index is 350. The van der Waals surface area contributed by atoms with Gasteiger partial charge in [0.1, 0.15) is 5.52 Å². The minimum absolute atomic E-state index is 1.10. The highest BCUT2D eigenvalue weighted by atomic mass is 15.3. The third kappa shape index (κ3) is 0.639. The van der Waals surface area contributed by atoms with E-state index in [0.29, 0.717) is 0 Å². The summed E-state index contributed by atoms with van der Waals surface area (Å²) >= 11 is 0. The Hall–Kier alpha value is -1.51. The summed E-state index contributed by atoms with van der Waals surface area (Å²) < 4.78 is 3.54. The summed E-state index contributed by atoms with van der Waals surface area (Å²) in [7, 11) is 0. The van der Waals surface area contributed by atoms with E-state index < -0.39 is 0 Å². The Morgan fingerprint density at radius 2 is 2.30 bits per heavy atom. The summed E-state index contributed by atoms with van der Waals surface area (Å²) in [6, 6.07) is 3.98. The van der Waals surface area contributed by atoms with Crippen LogP contribution in [0.5, 0.6) is 0 Å². The van der Waals surface area contributed by atoms with E-state index in [1.54, 1.807) is 6.20 Å². The molecule has 10 heavy (non-hydrogen) atoms. The van der Waals surface area contributed by atoms with E-state index >= 15 is 0 Å². The molecule has 0 saturated carbocycles. The molecule has 0 atom stereocenters. The summed E-state index contributed by atoms with van der Waals surface area (Å²) in [5.41, 5.74) is 1.10. The third-order valence-corrected chi connectivity index (χ3v) is 1.49. The van der Waals surface area contributed by atoms with Gasteiger partial charge in [-0.3, -0.25) is 0 Å². The van der Waals surface area contributed by atoms with Gasteiger partial charge < -0.3 is 4.40 Å². The number of hydrogen-bond donors (Lipinski definition) is 1. The molecule has 2 aromatic rings. The predicted octanol–water partition coefficient (Wildman–Crippen LogP) is -0.0594. The molecule has 0 fully saturated rings. The van der Waals surface area contributed by atoms with Gasteiger partial charge in [0, 0.05) is 6.20 Å². The van der Waals surface area contributed by atoms with Gasteiger partial charge in [0.15, 0.2) is 0 Å². The first-order chi connectivity index (χ1) is 4.86. The Balaban J connectivity index is 2.86. The molecule has 0 saturated heterocycles. The van der Waals surface area contributed by atoms with E-state index in [9.17, 15) is 0 Å². The number of fused-ring (bicyclic) bond motifs is 1. The van der Waals surface area contributed by atoms with Crippen LogP contribution in [0.3, 0.4) is 0 Å². The molecule has 0 aromatic carbocycles. The lowest BCUT2D eigenvalue weighted by Crippen LogP contribution is -2.43. The zero-order chi connectivity index (χ0) is 6.97. The lowest BCUT2D eigenvalue weighted by molar-refractivity contribution is -0.638. The topological polar surface area (TPSA) is 34.3 Å². The maximum absolute atomic E-state index is 5.49. The third-order valence-electron chi connectivity index (χ3n) is 1.49. The molecule has 0 bridgehead atoms. The van der Waals surface area contributed by atoms with Crippen LogP contribution in [0.1, 0.15) is 0 Å². The second kappa shape index (κ2) is 1.73. The molecule has 0 radical (unpaired) electrons. The first kappa shape index (κ1) is 5.29. The Kier molecular flexibility index (Phi) is 0.917. The number of nitrogens with two attached hydrogens (primary N) is 1. The number of rotatable bonds is 0. The molecule has 2 N–H and O–H groups in total. The lowest BCUT2D eigenvalue weighted by Gasteiger charge is -1.88. The van der Waals surface area contributed by atoms with Crippen molar-refractivity contribution in [2.45, 2.75) is 0 Å². The molecule has 50 valence electrons. The molecule has 0 aliphatic rings. The van der Waals surface area contributed by atoms with Crippen molar-refractivity contribution in [3.8, 4) is 0 Å². The second-order valence-corrected chi connectivity index (χ2v) is 2.21. The monoisotopic (exact) mass is 134 g/mol. The van der Waals surface area contributed by atoms with Crippen molar-refractivity contribution in [3.63, 3.8) is 0 Å². The fourth-order valence-electron chi connectivity index (χ4n) is 0.997. The van der Waals surface area contributed by atoms with Crippen LogP contribution < -0.4 is 10.5 Å². The Morgan fingerprint density at radius 1 is 1.40 bits per heavy atom. The molecular weight excluding hydrogens is 126 g/mol. The molecule has 2 rings (SSSR count). The van der Waals surface area contributed by atoms with E-state index in [-0.39, 0.29) is 0 Å². The van der Waals surface area contributed by atoms with Gasteiger partial charge in [0.2, 0.25) is 12.4 Å². The first-order valence-corrected chi connectivity index (χ1v) is 3.09. The van der Waals surface area contributed by atoms with Gasteiger partial charge in [-0.2, -0.15) is 0 Å². The molecular formula is C7H8N3+. The van der Waals surface area contributed by atoms with Gasteiger partial charge in [0.25, 0.3) is 0 Å². The van der Waals surface area contributed by atoms with Crippen LogP contribution in [0, 0.1) is 0 Å². The molecule has 2 heterocycles. The van der Waals surface area contributed by atoms with Gasteiger partial charge in [-0.1, -0.05) is 4.68 Å². The van der Waals surface area contributed by atoms with Crippen LogP contribution in [-0.2, 0) is 0 Å². The number of aromatic nitrogens is 2. The maximum atomic E-state index is 5.49. The lowest BCUT2D eigenvalue weighted by atomic mass is 10.5. The number of hydrogen-bond acceptors (Lipinski definition) is 1. The number of nitrogens with zero attached hydrogens (tertiary/aromatic N) is 2. The van der Waals surface area contributed by atoms with Crippen LogP contribution in [0.2, 0.25) is 0 Å². The molecule has 0 spiro atoms. The molecule has 3 nitrogen and oxygen atoms in total. The van der Waals surface area contributed by atoms with Crippen molar-refractivity contribution >= 4 is 5.52 Å². The van der Waals surface area contributed by atoms with Crippen molar-refractivity contribution in [1.82, 2.24) is 4.40 Å². The van der Waals surface area contributed by atoms with E-state index in [2.05, 4.69) is 0 Å². The van der Waals surface area contributed by atoms with E-state index in [0.717, 1.165) is 5.52 Å². The van der Waals surface area contributed by atoms with Crippen molar-refractivity contribution < 1.29 is 4.68 Å². The number of nitrogen functional groups attached to an aromatic ring is 1. The fourth-order valence-corrected chi connectivity index (χ4v) is 0.997. The first-order valence-electron chi connectivity index (χ1n) is 3.09. The van der Waals surface area contributed by atoms with E-state index in [1.165, 1.54) is 4.68 Å². The van der Waals surface area contributed by atoms with Gasteiger partial charge in [-0.15, -0.1) is 0 Å². The fraction of sp³-hybridized carbons (Fsp3) is 0. The van der Waals surface area contributed by atoms with E-state index in [4.69, 9.17) is 5.84 Å². The Labute approximate surface area is 58.3 Å². The minimum atomic E-state index is 1.10. The average molecular weight is 134 g/mol. The van der Waals surface area contributed by atoms with Gasteiger partial charge >= 0.3 is 0 Å². The van der Waals surface area contributed by atoms with Crippen LogP contribution in [0.25, 0.3) is 5.52 Å². The molecule has 0 aliphatic carbocycles. The predicted molar refractivity (Wildman–Crippen MR) is 37.7 cm³/mol. The standard InChI is InChI=1S/C7H8N3/c8-10-5-4-9-3-1-2-7(9)6-10/h1-6H,8H2/q+1. The van der Waals surface area contributed by atoms with Crippen molar-refractivity contribution in [2.24, 2.45) is 0 Å². The highest BCUT2D eigenvalue weighted by Gasteiger charge is 1.95. The molecule has 0 aliphatic heterocycles. The van der Waals surface area contributed by atoms with Crippen molar-refractivity contribution in [3.05, 3.63) is 36.9 Å². The van der Waals surface area contributed by atoms with Gasteiger partial charge in [-0.05, 0) is 12.1 Å². The van der Waals surface area contributed by atoms with Crippen LogP contribution in [-0.4, -0.2) is 4.40 Å². The Morgan fingerprint density at radius 3 is 3.20 bits per heavy atom. The summed E-state index contributed by atoms with van der Waals surface area (Å²) in [5.74, 6) is 5.49. The van der Waals surface area contributed by atoms with E-state index in [1.807, 2.05) is 35.1 Å². The van der Waals surface area contributed by atoms with Crippen LogP contribution in [0.4, 0.5) is 0 Å². The molecule has 0 amide bonds. The largest absolute Gasteiger partial charge is 0.313 e. The molecule has 3 heteroatoms. The molecule has 0 unspecified atom stereocenters. The zero-order valence-electron chi connectivity index (χ0n) is 5.44. The minimum Gasteiger partial charge on any atom is -0.313 e. The van der Waals surface area contributed by atoms with Gasteiger partial charge in [-0.25, -0.2) is 5.84 Å².